The number of benzene rings is 3. The van der Waals surface area contributed by atoms with Crippen LogP contribution in [0.25, 0.3) is 0 Å². The second kappa shape index (κ2) is 20.7. The smallest absolute Gasteiger partial charge is 0.303 e. The lowest BCUT2D eigenvalue weighted by atomic mass is 9.92. The Labute approximate surface area is 340 Å². The number of hydrogen-bond acceptors (Lipinski definition) is 15. The second-order valence-electron chi connectivity index (χ2n) is 13.6. The molecule has 16 heteroatoms. The molecule has 306 valence electrons. The van der Waals surface area contributed by atoms with Gasteiger partial charge in [-0.05, 0) is 41.0 Å². The highest BCUT2D eigenvalue weighted by Crippen LogP contribution is 2.40. The topological polar surface area (TPSA) is 185 Å². The maximum atomic E-state index is 12.2. The number of aliphatic hydroxyl groups is 1. The van der Waals surface area contributed by atoms with E-state index in [0.717, 1.165) is 41.0 Å². The van der Waals surface area contributed by atoms with Crippen molar-refractivity contribution in [3.8, 4) is 5.75 Å². The molecule has 0 radical (unpaired) electrons. The number of phenolic OH excluding ortho intramolecular Hbond substituents is 1. The molecule has 2 aliphatic heterocycles. The number of ether oxygens (including phenoxy) is 7. The summed E-state index contributed by atoms with van der Waals surface area (Å²) < 4.78 is 40.8. The highest BCUT2D eigenvalue weighted by Gasteiger charge is 2.52. The summed E-state index contributed by atoms with van der Waals surface area (Å²) in [7, 11) is 0. The number of phenols is 1. The maximum Gasteiger partial charge on any atom is 0.303 e. The van der Waals surface area contributed by atoms with Gasteiger partial charge in [0.2, 0.25) is 0 Å². The number of aliphatic hydroxyl groups excluding tert-OH is 1. The molecule has 2 fully saturated rings. The van der Waals surface area contributed by atoms with Crippen molar-refractivity contribution in [3.63, 3.8) is 0 Å². The largest absolute Gasteiger partial charge is 0.508 e. The van der Waals surface area contributed by atoms with E-state index >= 15 is 0 Å². The Morgan fingerprint density at radius 3 is 1.91 bits per heavy atom. The van der Waals surface area contributed by atoms with Crippen molar-refractivity contribution >= 4 is 52.8 Å². The van der Waals surface area contributed by atoms with Crippen LogP contribution in [-0.4, -0.2) is 88.1 Å². The van der Waals surface area contributed by atoms with Crippen molar-refractivity contribution in [2.45, 2.75) is 108 Å². The number of esters is 4. The predicted molar refractivity (Wildman–Crippen MR) is 210 cm³/mol. The van der Waals surface area contributed by atoms with Gasteiger partial charge in [0, 0.05) is 63.3 Å². The van der Waals surface area contributed by atoms with Gasteiger partial charge in [0.1, 0.15) is 24.6 Å². The monoisotopic (exact) mass is 825 g/mol. The van der Waals surface area contributed by atoms with Gasteiger partial charge in [-0.15, -0.1) is 11.8 Å². The van der Waals surface area contributed by atoms with E-state index < -0.39 is 60.7 Å². The number of aromatic hydroxyl groups is 1. The molecule has 0 aliphatic carbocycles. The molecule has 3 aromatic carbocycles. The summed E-state index contributed by atoms with van der Waals surface area (Å²) >= 11 is 7.31. The van der Waals surface area contributed by atoms with Gasteiger partial charge >= 0.3 is 23.9 Å². The zero-order valence-electron chi connectivity index (χ0n) is 32.0. The highest BCUT2D eigenvalue weighted by atomic mass is 32.2. The number of rotatable bonds is 15. The molecular formula is C41H47NO13S2. The van der Waals surface area contributed by atoms with E-state index in [1.54, 1.807) is 23.9 Å². The van der Waals surface area contributed by atoms with Crippen LogP contribution in [0.4, 0.5) is 0 Å². The fourth-order valence-corrected chi connectivity index (χ4v) is 7.64. The second-order valence-corrected chi connectivity index (χ2v) is 15.2. The van der Waals surface area contributed by atoms with Crippen LogP contribution < -0.4 is 5.32 Å². The maximum absolute atomic E-state index is 12.2. The Hall–Kier alpha value is -4.58. The summed E-state index contributed by atoms with van der Waals surface area (Å²) in [6, 6.07) is 22.4. The molecule has 8 atom stereocenters. The molecule has 8 unspecified atom stereocenters. The lowest BCUT2D eigenvalue weighted by molar-refractivity contribution is -0.251. The first kappa shape index (κ1) is 43.5. The standard InChI is InChI=1S/C41H47NO13S2/c1-23(44)49-21-36-39(51-25(3)46)40(52-26(4)47)38(50-24(2)45)35(54-36)18-37(56)42-19-27-5-11-30(12-6-27)41-53-32(22-57-33-15-13-31(48)14-16-33)17-34(55-41)29-9-7-28(20-43)8-10-29/h5-16,32,34-36,38-41,43,48H,17-22H2,1-4H3,(H,42,56). The van der Waals surface area contributed by atoms with E-state index in [1.165, 1.54) is 13.8 Å². The van der Waals surface area contributed by atoms with Crippen molar-refractivity contribution in [1.82, 2.24) is 5.32 Å². The molecule has 0 spiro atoms. The molecule has 0 saturated carbocycles. The normalized spacial score (nSPS) is 24.4. The van der Waals surface area contributed by atoms with E-state index in [9.17, 15) is 29.4 Å². The summed E-state index contributed by atoms with van der Waals surface area (Å²) in [6.45, 7) is 4.66. The third-order valence-electron chi connectivity index (χ3n) is 9.10. The van der Waals surface area contributed by atoms with E-state index in [-0.39, 0.29) is 37.6 Å². The Morgan fingerprint density at radius 1 is 0.737 bits per heavy atom. The molecule has 3 N–H and O–H groups in total. The molecule has 2 heterocycles. The number of hydrogen-bond donors (Lipinski definition) is 3. The zero-order chi connectivity index (χ0) is 41.1. The summed E-state index contributed by atoms with van der Waals surface area (Å²) in [6.07, 6.45) is -6.20. The van der Waals surface area contributed by atoms with Gasteiger partial charge in [0.25, 0.3) is 0 Å². The molecule has 0 amide bonds. The fourth-order valence-electron chi connectivity index (χ4n) is 6.48. The van der Waals surface area contributed by atoms with Crippen LogP contribution in [0.3, 0.4) is 0 Å². The predicted octanol–water partition coefficient (Wildman–Crippen LogP) is 5.15. The Balaban J connectivity index is 1.26. The number of carbonyl (C=O) groups excluding carboxylic acids is 4. The minimum Gasteiger partial charge on any atom is -0.508 e. The van der Waals surface area contributed by atoms with Crippen LogP contribution in [0.2, 0.25) is 0 Å². The van der Waals surface area contributed by atoms with Crippen LogP contribution >= 0.6 is 24.0 Å². The minimum absolute atomic E-state index is 0.0143. The van der Waals surface area contributed by atoms with Gasteiger partial charge in [-0.1, -0.05) is 60.7 Å². The molecule has 5 rings (SSSR count). The first-order valence-corrected chi connectivity index (χ1v) is 19.8. The Morgan fingerprint density at radius 2 is 1.32 bits per heavy atom. The van der Waals surface area contributed by atoms with Crippen LogP contribution in [-0.2, 0) is 65.5 Å². The van der Waals surface area contributed by atoms with E-state index in [0.29, 0.717) is 23.7 Å². The molecule has 57 heavy (non-hydrogen) atoms. The number of thioether (sulfide) groups is 1. The van der Waals surface area contributed by atoms with Crippen LogP contribution in [0.15, 0.2) is 77.7 Å². The van der Waals surface area contributed by atoms with Crippen LogP contribution in [0.5, 0.6) is 5.75 Å². The fraction of sp³-hybridized carbons (Fsp3) is 0.439. The first-order chi connectivity index (χ1) is 27.3. The van der Waals surface area contributed by atoms with E-state index in [2.05, 4.69) is 5.32 Å². The van der Waals surface area contributed by atoms with Crippen molar-refractivity contribution in [1.29, 1.82) is 0 Å². The number of carbonyl (C=O) groups is 4. The Bertz CT molecular complexity index is 1840. The quantitative estimate of drug-likeness (QED) is 0.0790. The third-order valence-corrected chi connectivity index (χ3v) is 10.6. The Kier molecular flexibility index (Phi) is 15.8. The highest BCUT2D eigenvalue weighted by molar-refractivity contribution is 7.99. The molecule has 0 aromatic heterocycles. The molecular weight excluding hydrogens is 779 g/mol. The van der Waals surface area contributed by atoms with Crippen molar-refractivity contribution < 1.29 is 62.5 Å². The summed E-state index contributed by atoms with van der Waals surface area (Å²) in [5.41, 5.74) is 3.49. The van der Waals surface area contributed by atoms with Crippen molar-refractivity contribution in [2.75, 3.05) is 12.4 Å². The SMILES string of the molecule is CC(=O)OCC1OC(CC(=S)NCc2ccc(C3OC(CSc4ccc(O)cc4)CC(c4ccc(CO)cc4)O3)cc2)C(OC(C)=O)C(OC(C)=O)C1OC(C)=O. The molecule has 14 nitrogen and oxygen atoms in total. The summed E-state index contributed by atoms with van der Waals surface area (Å²) in [5, 5.41) is 22.4. The van der Waals surface area contributed by atoms with Gasteiger partial charge in [-0.25, -0.2) is 0 Å². The lowest BCUT2D eigenvalue weighted by Gasteiger charge is -2.44. The average molecular weight is 826 g/mol. The van der Waals surface area contributed by atoms with Gasteiger partial charge in [-0.2, -0.15) is 0 Å². The van der Waals surface area contributed by atoms with Crippen molar-refractivity contribution in [3.05, 3.63) is 95.1 Å². The van der Waals surface area contributed by atoms with Gasteiger partial charge in [0.15, 0.2) is 24.6 Å². The van der Waals surface area contributed by atoms with Crippen molar-refractivity contribution in [2.24, 2.45) is 0 Å². The molecule has 3 aromatic rings. The molecule has 0 bridgehead atoms. The van der Waals surface area contributed by atoms with Gasteiger partial charge in [-0.3, -0.25) is 19.2 Å². The summed E-state index contributed by atoms with van der Waals surface area (Å²) in [5.74, 6) is -1.86. The molecule has 2 aliphatic rings. The average Bonchev–Trinajstić information content (AvgIpc) is 3.18. The third kappa shape index (κ3) is 13.0. The lowest BCUT2D eigenvalue weighted by Crippen LogP contribution is -2.62. The molecule has 2 saturated heterocycles. The van der Waals surface area contributed by atoms with Gasteiger partial charge < -0.3 is 48.7 Å². The van der Waals surface area contributed by atoms with Crippen LogP contribution in [0.1, 0.15) is 75.2 Å². The summed E-state index contributed by atoms with van der Waals surface area (Å²) in [4.78, 5) is 49.4. The zero-order valence-corrected chi connectivity index (χ0v) is 33.6. The van der Waals surface area contributed by atoms with Crippen LogP contribution in [0, 0.1) is 0 Å². The first-order valence-electron chi connectivity index (χ1n) is 18.4. The number of thiocarbonyl (C=S) groups is 1. The van der Waals surface area contributed by atoms with E-state index in [1.807, 2.05) is 60.7 Å². The number of nitrogens with one attached hydrogen (secondary N) is 1. The minimum atomic E-state index is -1.28. The van der Waals surface area contributed by atoms with E-state index in [4.69, 9.17) is 45.4 Å². The van der Waals surface area contributed by atoms with Gasteiger partial charge in [0.05, 0.1) is 23.8 Å².